The van der Waals surface area contributed by atoms with E-state index in [1.165, 1.54) is 5.69 Å². The standard InChI is InChI=1S/C18H23ClN2O2/c1-12(2)11-23-18(22)21-7-5-13(6-8-21)17-10-14-9-15(19)3-4-16(14)20-17/h3-4,9-10,12-13,20H,5-8,11H2,1-2H3. The molecule has 3 rings (SSSR count). The Balaban J connectivity index is 1.60. The lowest BCUT2D eigenvalue weighted by molar-refractivity contribution is 0.0833. The topological polar surface area (TPSA) is 45.3 Å². The third kappa shape index (κ3) is 3.81. The number of piperidine rings is 1. The summed E-state index contributed by atoms with van der Waals surface area (Å²) < 4.78 is 5.31. The molecule has 0 unspecified atom stereocenters. The van der Waals surface area contributed by atoms with E-state index in [4.69, 9.17) is 16.3 Å². The van der Waals surface area contributed by atoms with Gasteiger partial charge < -0.3 is 14.6 Å². The number of ether oxygens (including phenoxy) is 1. The maximum absolute atomic E-state index is 12.0. The highest BCUT2D eigenvalue weighted by Crippen LogP contribution is 2.31. The van der Waals surface area contributed by atoms with E-state index in [0.29, 0.717) is 18.4 Å². The molecule has 1 amide bonds. The molecule has 0 saturated carbocycles. The van der Waals surface area contributed by atoms with Crippen LogP contribution in [0.15, 0.2) is 24.3 Å². The Morgan fingerprint density at radius 3 is 2.78 bits per heavy atom. The van der Waals surface area contributed by atoms with E-state index >= 15 is 0 Å². The quantitative estimate of drug-likeness (QED) is 0.876. The number of aromatic amines is 1. The number of halogens is 1. The first-order chi connectivity index (χ1) is 11.0. The molecule has 0 aliphatic carbocycles. The number of hydrogen-bond donors (Lipinski definition) is 1. The molecular formula is C18H23ClN2O2. The third-order valence-electron chi connectivity index (χ3n) is 4.34. The average Bonchev–Trinajstić information content (AvgIpc) is 2.95. The molecule has 124 valence electrons. The molecule has 0 bridgehead atoms. The fourth-order valence-corrected chi connectivity index (χ4v) is 3.23. The maximum Gasteiger partial charge on any atom is 0.409 e. The highest BCUT2D eigenvalue weighted by atomic mass is 35.5. The van der Waals surface area contributed by atoms with Gasteiger partial charge in [-0.15, -0.1) is 0 Å². The van der Waals surface area contributed by atoms with Gasteiger partial charge in [-0.05, 0) is 43.0 Å². The zero-order valence-corrected chi connectivity index (χ0v) is 14.4. The lowest BCUT2D eigenvalue weighted by atomic mass is 9.94. The molecule has 2 heterocycles. The van der Waals surface area contributed by atoms with E-state index in [1.54, 1.807) is 0 Å². The van der Waals surface area contributed by atoms with Crippen LogP contribution in [0.2, 0.25) is 5.02 Å². The molecular weight excluding hydrogens is 312 g/mol. The molecule has 0 radical (unpaired) electrons. The molecule has 1 aliphatic rings. The number of hydrogen-bond acceptors (Lipinski definition) is 2. The molecule has 0 atom stereocenters. The summed E-state index contributed by atoms with van der Waals surface area (Å²) in [6.45, 7) is 6.07. The number of nitrogens with one attached hydrogen (secondary N) is 1. The van der Waals surface area contributed by atoms with Crippen LogP contribution < -0.4 is 0 Å². The van der Waals surface area contributed by atoms with Crippen molar-refractivity contribution in [2.45, 2.75) is 32.6 Å². The summed E-state index contributed by atoms with van der Waals surface area (Å²) >= 11 is 6.05. The van der Waals surface area contributed by atoms with Gasteiger partial charge in [0.1, 0.15) is 0 Å². The minimum atomic E-state index is -0.180. The number of likely N-dealkylation sites (tertiary alicyclic amines) is 1. The number of H-pyrrole nitrogens is 1. The number of carbonyl (C=O) groups is 1. The number of amides is 1. The second kappa shape index (κ2) is 6.83. The molecule has 1 aliphatic heterocycles. The van der Waals surface area contributed by atoms with Gasteiger partial charge in [0, 0.05) is 40.6 Å². The average molecular weight is 335 g/mol. The molecule has 5 heteroatoms. The number of fused-ring (bicyclic) bond motifs is 1. The molecule has 1 aromatic carbocycles. The Morgan fingerprint density at radius 2 is 2.09 bits per heavy atom. The van der Waals surface area contributed by atoms with Crippen molar-refractivity contribution in [1.29, 1.82) is 0 Å². The number of carbonyl (C=O) groups excluding carboxylic acids is 1. The summed E-state index contributed by atoms with van der Waals surface area (Å²) in [5.41, 5.74) is 2.35. The zero-order valence-electron chi connectivity index (χ0n) is 13.6. The van der Waals surface area contributed by atoms with Gasteiger partial charge in [0.25, 0.3) is 0 Å². The van der Waals surface area contributed by atoms with Crippen LogP contribution >= 0.6 is 11.6 Å². The number of benzene rings is 1. The van der Waals surface area contributed by atoms with Crippen LogP contribution in [0.3, 0.4) is 0 Å². The lowest BCUT2D eigenvalue weighted by Gasteiger charge is -2.31. The largest absolute Gasteiger partial charge is 0.449 e. The van der Waals surface area contributed by atoms with Crippen molar-refractivity contribution in [3.8, 4) is 0 Å². The smallest absolute Gasteiger partial charge is 0.409 e. The Bertz CT molecular complexity index is 687. The third-order valence-corrected chi connectivity index (χ3v) is 4.57. The maximum atomic E-state index is 12.0. The highest BCUT2D eigenvalue weighted by Gasteiger charge is 2.25. The van der Waals surface area contributed by atoms with Crippen molar-refractivity contribution in [1.82, 2.24) is 9.88 Å². The fourth-order valence-electron chi connectivity index (χ4n) is 3.05. The molecule has 1 aromatic heterocycles. The second-order valence-corrected chi connectivity index (χ2v) is 7.12. The number of nitrogens with zero attached hydrogens (tertiary/aromatic N) is 1. The van der Waals surface area contributed by atoms with E-state index in [2.05, 4.69) is 11.1 Å². The van der Waals surface area contributed by atoms with E-state index < -0.39 is 0 Å². The summed E-state index contributed by atoms with van der Waals surface area (Å²) in [7, 11) is 0. The van der Waals surface area contributed by atoms with Crippen LogP contribution in [0.5, 0.6) is 0 Å². The first-order valence-corrected chi connectivity index (χ1v) is 8.60. The van der Waals surface area contributed by atoms with Crippen LogP contribution in [-0.2, 0) is 4.74 Å². The van der Waals surface area contributed by atoms with Crippen molar-refractivity contribution in [2.75, 3.05) is 19.7 Å². The normalized spacial score (nSPS) is 16.3. The SMILES string of the molecule is CC(C)COC(=O)N1CCC(c2cc3cc(Cl)ccc3[nH]2)CC1. The van der Waals surface area contributed by atoms with Gasteiger partial charge in [-0.3, -0.25) is 0 Å². The summed E-state index contributed by atoms with van der Waals surface area (Å²) in [5, 5.41) is 1.90. The Labute approximate surface area is 141 Å². The zero-order chi connectivity index (χ0) is 16.4. The summed E-state index contributed by atoms with van der Waals surface area (Å²) in [4.78, 5) is 17.3. The first kappa shape index (κ1) is 16.2. The van der Waals surface area contributed by atoms with E-state index in [9.17, 15) is 4.79 Å². The van der Waals surface area contributed by atoms with Crippen molar-refractivity contribution in [3.05, 3.63) is 35.0 Å². The Kier molecular flexibility index (Phi) is 4.81. The van der Waals surface area contributed by atoms with E-state index in [0.717, 1.165) is 41.9 Å². The molecule has 0 spiro atoms. The van der Waals surface area contributed by atoms with E-state index in [-0.39, 0.29) is 6.09 Å². The molecule has 1 saturated heterocycles. The number of aromatic nitrogens is 1. The van der Waals surface area contributed by atoms with Gasteiger partial charge in [-0.25, -0.2) is 4.79 Å². The minimum Gasteiger partial charge on any atom is -0.449 e. The van der Waals surface area contributed by atoms with Crippen LogP contribution in [0.4, 0.5) is 4.79 Å². The van der Waals surface area contributed by atoms with Gasteiger partial charge in [-0.2, -0.15) is 0 Å². The predicted molar refractivity (Wildman–Crippen MR) is 93.0 cm³/mol. The minimum absolute atomic E-state index is 0.180. The molecule has 4 nitrogen and oxygen atoms in total. The molecule has 1 fully saturated rings. The van der Waals surface area contributed by atoms with Crippen molar-refractivity contribution >= 4 is 28.6 Å². The second-order valence-electron chi connectivity index (χ2n) is 6.69. The molecule has 23 heavy (non-hydrogen) atoms. The van der Waals surface area contributed by atoms with Crippen molar-refractivity contribution < 1.29 is 9.53 Å². The fraction of sp³-hybridized carbons (Fsp3) is 0.500. The van der Waals surface area contributed by atoms with Crippen molar-refractivity contribution in [3.63, 3.8) is 0 Å². The molecule has 2 aromatic rings. The van der Waals surface area contributed by atoms with Crippen LogP contribution in [0.1, 0.15) is 38.3 Å². The first-order valence-electron chi connectivity index (χ1n) is 8.23. The molecule has 1 N–H and O–H groups in total. The Morgan fingerprint density at radius 1 is 1.35 bits per heavy atom. The van der Waals surface area contributed by atoms with Crippen LogP contribution in [-0.4, -0.2) is 35.7 Å². The Hall–Kier alpha value is -1.68. The van der Waals surface area contributed by atoms with Gasteiger partial charge in [0.2, 0.25) is 0 Å². The summed E-state index contributed by atoms with van der Waals surface area (Å²) in [6, 6.07) is 8.07. The monoisotopic (exact) mass is 334 g/mol. The van der Waals surface area contributed by atoms with Gasteiger partial charge in [-0.1, -0.05) is 25.4 Å². The van der Waals surface area contributed by atoms with Crippen LogP contribution in [0.25, 0.3) is 10.9 Å². The van der Waals surface area contributed by atoms with Gasteiger partial charge >= 0.3 is 6.09 Å². The van der Waals surface area contributed by atoms with Crippen LogP contribution in [0, 0.1) is 5.92 Å². The van der Waals surface area contributed by atoms with Crippen molar-refractivity contribution in [2.24, 2.45) is 5.92 Å². The van der Waals surface area contributed by atoms with E-state index in [1.807, 2.05) is 36.9 Å². The predicted octanol–water partition coefficient (Wildman–Crippen LogP) is 4.79. The summed E-state index contributed by atoms with van der Waals surface area (Å²) in [6.07, 6.45) is 1.73. The number of rotatable bonds is 3. The van der Waals surface area contributed by atoms with Gasteiger partial charge in [0.05, 0.1) is 6.61 Å². The lowest BCUT2D eigenvalue weighted by Crippen LogP contribution is -2.38. The highest BCUT2D eigenvalue weighted by molar-refractivity contribution is 6.31. The summed E-state index contributed by atoms with van der Waals surface area (Å²) in [5.74, 6) is 0.824. The van der Waals surface area contributed by atoms with Gasteiger partial charge in [0.15, 0.2) is 0 Å².